The van der Waals surface area contributed by atoms with Crippen LogP contribution >= 0.6 is 0 Å². The highest BCUT2D eigenvalue weighted by atomic mass is 32.2. The van der Waals surface area contributed by atoms with Crippen LogP contribution in [-0.2, 0) is 10.0 Å². The average Bonchev–Trinajstić information content (AvgIpc) is 2.54. The first-order valence-electron chi connectivity index (χ1n) is 7.40. The number of hydrogen-bond donors (Lipinski definition) is 1. The van der Waals surface area contributed by atoms with Crippen LogP contribution in [0.3, 0.4) is 0 Å². The molecule has 0 heterocycles. The van der Waals surface area contributed by atoms with E-state index in [9.17, 15) is 13.2 Å². The van der Waals surface area contributed by atoms with Gasteiger partial charge in [-0.3, -0.25) is 9.10 Å². The van der Waals surface area contributed by atoms with Crippen molar-refractivity contribution in [1.82, 2.24) is 0 Å². The SMILES string of the molecule is CCOc1cccc(NC(=O)c2ccccc2N(C)S(C)(=O)=O)c1. The normalized spacial score (nSPS) is 11.0. The molecule has 0 aliphatic heterocycles. The van der Waals surface area contributed by atoms with Crippen LogP contribution in [0.2, 0.25) is 0 Å². The lowest BCUT2D eigenvalue weighted by atomic mass is 10.1. The maximum atomic E-state index is 12.6. The maximum absolute atomic E-state index is 12.6. The number of hydrogen-bond acceptors (Lipinski definition) is 4. The number of carbonyl (C=O) groups is 1. The Morgan fingerprint density at radius 3 is 2.54 bits per heavy atom. The number of nitrogens with zero attached hydrogens (tertiary/aromatic N) is 1. The summed E-state index contributed by atoms with van der Waals surface area (Å²) in [5, 5.41) is 2.76. The Morgan fingerprint density at radius 2 is 1.88 bits per heavy atom. The first-order chi connectivity index (χ1) is 11.3. The third-order valence-corrected chi connectivity index (χ3v) is 4.58. The fourth-order valence-electron chi connectivity index (χ4n) is 2.15. The van der Waals surface area contributed by atoms with Crippen LogP contribution in [0.15, 0.2) is 48.5 Å². The summed E-state index contributed by atoms with van der Waals surface area (Å²) in [5.41, 5.74) is 1.16. The number of rotatable bonds is 6. The molecule has 0 atom stereocenters. The van der Waals surface area contributed by atoms with Crippen LogP contribution in [0, 0.1) is 0 Å². The molecule has 0 aliphatic rings. The van der Waals surface area contributed by atoms with Gasteiger partial charge in [-0.1, -0.05) is 18.2 Å². The van der Waals surface area contributed by atoms with Crippen LogP contribution in [0.25, 0.3) is 0 Å². The smallest absolute Gasteiger partial charge is 0.257 e. The monoisotopic (exact) mass is 348 g/mol. The Hall–Kier alpha value is -2.54. The van der Waals surface area contributed by atoms with Gasteiger partial charge in [0.05, 0.1) is 24.1 Å². The summed E-state index contributed by atoms with van der Waals surface area (Å²) < 4.78 is 30.0. The van der Waals surface area contributed by atoms with E-state index < -0.39 is 15.9 Å². The highest BCUT2D eigenvalue weighted by Crippen LogP contribution is 2.23. The molecule has 0 aliphatic carbocycles. The highest BCUT2D eigenvalue weighted by Gasteiger charge is 2.19. The second-order valence-corrected chi connectivity index (χ2v) is 7.18. The summed E-state index contributed by atoms with van der Waals surface area (Å²) in [4.78, 5) is 12.6. The van der Waals surface area contributed by atoms with E-state index in [0.717, 1.165) is 10.6 Å². The number of nitrogens with one attached hydrogen (secondary N) is 1. The second kappa shape index (κ2) is 7.35. The summed E-state index contributed by atoms with van der Waals surface area (Å²) in [5.74, 6) is 0.256. The number of amides is 1. The molecule has 0 unspecified atom stereocenters. The van der Waals surface area contributed by atoms with Gasteiger partial charge >= 0.3 is 0 Å². The number of anilines is 2. The van der Waals surface area contributed by atoms with Crippen molar-refractivity contribution in [2.24, 2.45) is 0 Å². The molecule has 2 aromatic carbocycles. The minimum Gasteiger partial charge on any atom is -0.494 e. The van der Waals surface area contributed by atoms with Crippen molar-refractivity contribution < 1.29 is 17.9 Å². The van der Waals surface area contributed by atoms with Crippen LogP contribution in [0.5, 0.6) is 5.75 Å². The quantitative estimate of drug-likeness (QED) is 0.871. The zero-order valence-electron chi connectivity index (χ0n) is 13.8. The van der Waals surface area contributed by atoms with Gasteiger partial charge in [0.25, 0.3) is 5.91 Å². The number of para-hydroxylation sites is 1. The molecule has 0 aromatic heterocycles. The molecule has 0 saturated carbocycles. The summed E-state index contributed by atoms with van der Waals surface area (Å²) in [6.07, 6.45) is 1.09. The maximum Gasteiger partial charge on any atom is 0.257 e. The van der Waals surface area contributed by atoms with Gasteiger partial charge in [0.15, 0.2) is 0 Å². The van der Waals surface area contributed by atoms with Crippen molar-refractivity contribution in [3.8, 4) is 5.75 Å². The lowest BCUT2D eigenvalue weighted by molar-refractivity contribution is 0.102. The van der Waals surface area contributed by atoms with E-state index >= 15 is 0 Å². The van der Waals surface area contributed by atoms with Gasteiger partial charge < -0.3 is 10.1 Å². The average molecular weight is 348 g/mol. The van der Waals surface area contributed by atoms with E-state index in [-0.39, 0.29) is 5.56 Å². The minimum atomic E-state index is -3.47. The van der Waals surface area contributed by atoms with Gasteiger partial charge in [0.2, 0.25) is 10.0 Å². The van der Waals surface area contributed by atoms with Gasteiger partial charge in [0, 0.05) is 18.8 Å². The Balaban J connectivity index is 2.29. The van der Waals surface area contributed by atoms with Crippen LogP contribution < -0.4 is 14.4 Å². The molecule has 1 N–H and O–H groups in total. The molecule has 0 radical (unpaired) electrons. The molecule has 0 bridgehead atoms. The molecule has 2 aromatic rings. The van der Waals surface area contributed by atoms with E-state index in [1.165, 1.54) is 7.05 Å². The van der Waals surface area contributed by atoms with Gasteiger partial charge in [-0.2, -0.15) is 0 Å². The topological polar surface area (TPSA) is 75.7 Å². The zero-order chi connectivity index (χ0) is 17.7. The molecule has 0 fully saturated rings. The van der Waals surface area contributed by atoms with E-state index in [2.05, 4.69) is 5.32 Å². The Bertz CT molecular complexity index is 834. The highest BCUT2D eigenvalue weighted by molar-refractivity contribution is 7.92. The largest absolute Gasteiger partial charge is 0.494 e. The summed E-state index contributed by atoms with van der Waals surface area (Å²) >= 11 is 0. The van der Waals surface area contributed by atoms with Crippen molar-refractivity contribution in [2.75, 3.05) is 29.5 Å². The predicted molar refractivity (Wildman–Crippen MR) is 95.3 cm³/mol. The standard InChI is InChI=1S/C17H20N2O4S/c1-4-23-14-9-7-8-13(12-14)18-17(20)15-10-5-6-11-16(15)19(2)24(3,21)22/h5-12H,4H2,1-3H3,(H,18,20). The fourth-order valence-corrected chi connectivity index (χ4v) is 2.66. The first-order valence-corrected chi connectivity index (χ1v) is 9.25. The van der Waals surface area contributed by atoms with E-state index in [0.29, 0.717) is 23.7 Å². The summed E-state index contributed by atoms with van der Waals surface area (Å²) in [6.45, 7) is 2.40. The summed E-state index contributed by atoms with van der Waals surface area (Å²) in [7, 11) is -2.05. The molecule has 6 nitrogen and oxygen atoms in total. The van der Waals surface area contributed by atoms with Crippen LogP contribution in [0.1, 0.15) is 17.3 Å². The molecule has 1 amide bonds. The van der Waals surface area contributed by atoms with Crippen LogP contribution in [0.4, 0.5) is 11.4 Å². The van der Waals surface area contributed by atoms with Gasteiger partial charge in [-0.15, -0.1) is 0 Å². The first kappa shape index (κ1) is 17.8. The fraction of sp³-hybridized carbons (Fsp3) is 0.235. The van der Waals surface area contributed by atoms with E-state index in [1.807, 2.05) is 6.92 Å². The van der Waals surface area contributed by atoms with Crippen molar-refractivity contribution in [3.63, 3.8) is 0 Å². The van der Waals surface area contributed by atoms with Crippen molar-refractivity contribution in [3.05, 3.63) is 54.1 Å². The molecule has 7 heteroatoms. The molecule has 0 saturated heterocycles. The predicted octanol–water partition coefficient (Wildman–Crippen LogP) is 2.73. The van der Waals surface area contributed by atoms with Crippen LogP contribution in [-0.4, -0.2) is 34.2 Å². The molecular weight excluding hydrogens is 328 g/mol. The van der Waals surface area contributed by atoms with Crippen molar-refractivity contribution in [1.29, 1.82) is 0 Å². The van der Waals surface area contributed by atoms with Gasteiger partial charge in [-0.25, -0.2) is 8.42 Å². The number of benzene rings is 2. The van der Waals surface area contributed by atoms with E-state index in [1.54, 1.807) is 48.5 Å². The Labute approximate surface area is 142 Å². The number of sulfonamides is 1. The molecule has 128 valence electrons. The third-order valence-electron chi connectivity index (χ3n) is 3.39. The minimum absolute atomic E-state index is 0.271. The van der Waals surface area contributed by atoms with E-state index in [4.69, 9.17) is 4.74 Å². The summed E-state index contributed by atoms with van der Waals surface area (Å²) in [6, 6.07) is 13.6. The number of ether oxygens (including phenoxy) is 1. The lowest BCUT2D eigenvalue weighted by Gasteiger charge is -2.19. The molecule has 0 spiro atoms. The number of carbonyl (C=O) groups excluding carboxylic acids is 1. The molecular formula is C17H20N2O4S. The third kappa shape index (κ3) is 4.26. The Kier molecular flexibility index (Phi) is 5.46. The zero-order valence-corrected chi connectivity index (χ0v) is 14.6. The van der Waals surface area contributed by atoms with Crippen molar-refractivity contribution >= 4 is 27.3 Å². The van der Waals surface area contributed by atoms with Gasteiger partial charge in [0.1, 0.15) is 5.75 Å². The molecule has 2 rings (SSSR count). The molecule has 24 heavy (non-hydrogen) atoms. The van der Waals surface area contributed by atoms with Gasteiger partial charge in [-0.05, 0) is 31.2 Å². The Morgan fingerprint density at radius 1 is 1.17 bits per heavy atom. The lowest BCUT2D eigenvalue weighted by Crippen LogP contribution is -2.27. The second-order valence-electron chi connectivity index (χ2n) is 5.16. The van der Waals surface area contributed by atoms with Crippen molar-refractivity contribution in [2.45, 2.75) is 6.92 Å².